The number of nitrogens with zero attached hydrogens (tertiary/aromatic N) is 1. The second kappa shape index (κ2) is 9.86. The van der Waals surface area contributed by atoms with E-state index in [1.807, 2.05) is 26.0 Å². The summed E-state index contributed by atoms with van der Waals surface area (Å²) in [5.41, 5.74) is 3.80. The molecule has 3 aliphatic rings. The van der Waals surface area contributed by atoms with Crippen molar-refractivity contribution in [3.05, 3.63) is 69.3 Å². The molecule has 0 fully saturated rings. The first kappa shape index (κ1) is 28.6. The van der Waals surface area contributed by atoms with Gasteiger partial charge in [0, 0.05) is 42.0 Å². The minimum absolute atomic E-state index is 0.0488. The summed E-state index contributed by atoms with van der Waals surface area (Å²) in [4.78, 5) is 44.0. The van der Waals surface area contributed by atoms with E-state index >= 15 is 0 Å². The van der Waals surface area contributed by atoms with Crippen LogP contribution in [0, 0.1) is 24.7 Å². The lowest BCUT2D eigenvalue weighted by Gasteiger charge is -2.44. The number of rotatable bonds is 4. The molecule has 3 heterocycles. The maximum atomic E-state index is 13.9. The number of carboxylic acid groups (broad SMARTS) is 1. The van der Waals surface area contributed by atoms with E-state index in [4.69, 9.17) is 9.47 Å². The number of aryl methyl sites for hydroxylation is 1. The van der Waals surface area contributed by atoms with Crippen LogP contribution in [0.4, 0.5) is 0 Å². The number of allylic oxidation sites excluding steroid dienone is 2. The molecule has 216 valence electrons. The van der Waals surface area contributed by atoms with E-state index in [1.165, 1.54) is 6.07 Å². The molecular weight excluding hydrogens is 520 g/mol. The summed E-state index contributed by atoms with van der Waals surface area (Å²) < 4.78 is 12.4. The number of pyridine rings is 1. The van der Waals surface area contributed by atoms with Gasteiger partial charge >= 0.3 is 5.97 Å². The van der Waals surface area contributed by atoms with Gasteiger partial charge in [0.1, 0.15) is 23.0 Å². The lowest BCUT2D eigenvalue weighted by Crippen LogP contribution is -2.50. The largest absolute Gasteiger partial charge is 0.496 e. The van der Waals surface area contributed by atoms with E-state index in [1.54, 1.807) is 13.2 Å². The molecule has 2 aromatic rings. The average Bonchev–Trinajstić information content (AvgIpc) is 2.85. The summed E-state index contributed by atoms with van der Waals surface area (Å²) in [6.45, 7) is 14.1. The molecule has 0 radical (unpaired) electrons. The lowest BCUT2D eigenvalue weighted by atomic mass is 9.67. The van der Waals surface area contributed by atoms with Gasteiger partial charge in [0.15, 0.2) is 5.78 Å². The van der Waals surface area contributed by atoms with E-state index in [0.29, 0.717) is 64.5 Å². The van der Waals surface area contributed by atoms with Gasteiger partial charge in [-0.1, -0.05) is 34.6 Å². The van der Waals surface area contributed by atoms with Gasteiger partial charge in [-0.25, -0.2) is 9.78 Å². The van der Waals surface area contributed by atoms with Crippen LogP contribution < -0.4 is 10.1 Å². The van der Waals surface area contributed by atoms with Crippen molar-refractivity contribution in [2.24, 2.45) is 10.8 Å². The van der Waals surface area contributed by atoms with E-state index in [2.05, 4.69) is 44.9 Å². The van der Waals surface area contributed by atoms with Crippen LogP contribution in [0.5, 0.6) is 5.75 Å². The number of aromatic nitrogens is 1. The zero-order valence-corrected chi connectivity index (χ0v) is 25.0. The molecule has 2 N–H and O–H groups in total. The lowest BCUT2D eigenvalue weighted by molar-refractivity contribution is -0.121. The number of hydrogen-bond donors (Lipinski definition) is 2. The SMILES string of the molecule is COc1ccc(-c2cc(C)cc(C(=O)O)n2)c(C)c1[C@H]1C2=C(CC(C)(C)CC2=O)OC2=C1C(=O)N[C@@H](C(C)(C)C)C2. The summed E-state index contributed by atoms with van der Waals surface area (Å²) in [5, 5.41) is 12.8. The van der Waals surface area contributed by atoms with Crippen LogP contribution in [0.1, 0.15) is 87.0 Å². The first-order chi connectivity index (χ1) is 19.1. The Balaban J connectivity index is 1.78. The summed E-state index contributed by atoms with van der Waals surface area (Å²) in [6, 6.07) is 6.87. The number of hydrogen-bond acceptors (Lipinski definition) is 6. The van der Waals surface area contributed by atoms with Crippen LogP contribution in [0.3, 0.4) is 0 Å². The predicted octanol–water partition coefficient (Wildman–Crippen LogP) is 6.02. The van der Waals surface area contributed by atoms with Crippen molar-refractivity contribution in [3.63, 3.8) is 0 Å². The first-order valence-corrected chi connectivity index (χ1v) is 14.0. The number of carboxylic acids is 1. The second-order valence-corrected chi connectivity index (χ2v) is 13.3. The molecule has 1 amide bonds. The number of ether oxygens (including phenoxy) is 2. The fourth-order valence-corrected chi connectivity index (χ4v) is 6.33. The molecule has 1 aliphatic carbocycles. The van der Waals surface area contributed by atoms with Gasteiger partial charge in [-0.2, -0.15) is 0 Å². The number of ketones is 1. The summed E-state index contributed by atoms with van der Waals surface area (Å²) >= 11 is 0. The van der Waals surface area contributed by atoms with Crippen molar-refractivity contribution >= 4 is 17.7 Å². The Hall–Kier alpha value is -3.94. The normalized spacial score (nSPS) is 22.0. The van der Waals surface area contributed by atoms with Crippen LogP contribution in [-0.2, 0) is 14.3 Å². The molecule has 0 unspecified atom stereocenters. The Morgan fingerprint density at radius 1 is 1.10 bits per heavy atom. The molecule has 41 heavy (non-hydrogen) atoms. The molecular formula is C33H38N2O6. The van der Waals surface area contributed by atoms with Crippen LogP contribution in [0.25, 0.3) is 11.3 Å². The minimum atomic E-state index is -1.11. The molecule has 0 saturated carbocycles. The highest BCUT2D eigenvalue weighted by Crippen LogP contribution is 2.53. The van der Waals surface area contributed by atoms with E-state index in [9.17, 15) is 19.5 Å². The number of benzene rings is 1. The van der Waals surface area contributed by atoms with Gasteiger partial charge in [-0.3, -0.25) is 9.59 Å². The van der Waals surface area contributed by atoms with E-state index < -0.39 is 11.9 Å². The topological polar surface area (TPSA) is 115 Å². The molecule has 2 aliphatic heterocycles. The zero-order valence-electron chi connectivity index (χ0n) is 25.0. The van der Waals surface area contributed by atoms with Crippen LogP contribution in [0.2, 0.25) is 0 Å². The van der Waals surface area contributed by atoms with Gasteiger partial charge < -0.3 is 19.9 Å². The first-order valence-electron chi connectivity index (χ1n) is 14.0. The molecule has 1 aromatic carbocycles. The van der Waals surface area contributed by atoms with Crippen molar-refractivity contribution in [3.8, 4) is 17.0 Å². The molecule has 0 bridgehead atoms. The number of nitrogens with one attached hydrogen (secondary N) is 1. The van der Waals surface area contributed by atoms with Crippen molar-refractivity contribution in [1.82, 2.24) is 10.3 Å². The third-order valence-corrected chi connectivity index (χ3v) is 8.44. The number of Topliss-reactive ketones (excluding diaryl/α,β-unsaturated/α-hetero) is 1. The second-order valence-electron chi connectivity index (χ2n) is 13.3. The Morgan fingerprint density at radius 2 is 1.80 bits per heavy atom. The minimum Gasteiger partial charge on any atom is -0.496 e. The molecule has 1 aromatic heterocycles. The van der Waals surface area contributed by atoms with Crippen LogP contribution >= 0.6 is 0 Å². The average molecular weight is 559 g/mol. The highest BCUT2D eigenvalue weighted by Gasteiger charge is 2.49. The fourth-order valence-electron chi connectivity index (χ4n) is 6.33. The standard InChI is InChI=1S/C33H38N2O6/c1-16-11-19(34-20(12-16)31(38)39)18-9-10-22(40-8)26(17(18)2)29-27-21(36)14-33(6,7)15-24(27)41-23-13-25(32(3,4)5)35-30(37)28(23)29/h9-12,25,29H,13-15H2,1-8H3,(H,35,37)(H,38,39)/t25-,29+/m1/s1. The maximum Gasteiger partial charge on any atom is 0.354 e. The third kappa shape index (κ3) is 5.04. The number of carbonyl (C=O) groups is 3. The molecule has 2 atom stereocenters. The Kier molecular flexibility index (Phi) is 6.87. The van der Waals surface area contributed by atoms with Gasteiger partial charge in [0.05, 0.1) is 24.3 Å². The predicted molar refractivity (Wildman–Crippen MR) is 155 cm³/mol. The smallest absolute Gasteiger partial charge is 0.354 e. The summed E-state index contributed by atoms with van der Waals surface area (Å²) in [7, 11) is 1.57. The Labute approximate surface area is 240 Å². The van der Waals surface area contributed by atoms with Crippen molar-refractivity contribution in [1.29, 1.82) is 0 Å². The molecule has 0 saturated heterocycles. The third-order valence-electron chi connectivity index (χ3n) is 8.44. The van der Waals surface area contributed by atoms with Crippen LogP contribution in [-0.4, -0.2) is 40.9 Å². The zero-order chi connectivity index (χ0) is 30.0. The highest BCUT2D eigenvalue weighted by molar-refractivity contribution is 6.06. The van der Waals surface area contributed by atoms with Crippen LogP contribution in [0.15, 0.2) is 46.9 Å². The Morgan fingerprint density at radius 3 is 2.44 bits per heavy atom. The number of carbonyl (C=O) groups excluding carboxylic acids is 2. The van der Waals surface area contributed by atoms with Gasteiger partial charge in [-0.05, 0) is 60.1 Å². The quantitative estimate of drug-likeness (QED) is 0.472. The Bertz CT molecular complexity index is 1560. The molecule has 5 rings (SSSR count). The van der Waals surface area contributed by atoms with Gasteiger partial charge in [0.25, 0.3) is 5.91 Å². The van der Waals surface area contributed by atoms with Crippen molar-refractivity contribution in [2.45, 2.75) is 79.7 Å². The van der Waals surface area contributed by atoms with Gasteiger partial charge in [-0.15, -0.1) is 0 Å². The molecule has 0 spiro atoms. The van der Waals surface area contributed by atoms with Crippen molar-refractivity contribution < 1.29 is 29.0 Å². The van der Waals surface area contributed by atoms with Crippen molar-refractivity contribution in [2.75, 3.05) is 7.11 Å². The van der Waals surface area contributed by atoms with E-state index in [-0.39, 0.29) is 34.3 Å². The number of methoxy groups -OCH3 is 1. The van der Waals surface area contributed by atoms with E-state index in [0.717, 1.165) is 11.1 Å². The summed E-state index contributed by atoms with van der Waals surface area (Å²) in [6.07, 6.45) is 1.42. The van der Waals surface area contributed by atoms with Gasteiger partial charge in [0.2, 0.25) is 0 Å². The monoisotopic (exact) mass is 558 g/mol. The highest BCUT2D eigenvalue weighted by atomic mass is 16.5. The molecule has 8 nitrogen and oxygen atoms in total. The molecule has 8 heteroatoms. The fraction of sp³-hybridized carbons (Fsp3) is 0.455. The number of aromatic carboxylic acids is 1. The summed E-state index contributed by atoms with van der Waals surface area (Å²) in [5.74, 6) is -0.370. The number of amides is 1. The maximum absolute atomic E-state index is 13.9.